The third-order valence-electron chi connectivity index (χ3n) is 4.72. The molecule has 2 heterocycles. The number of allylic oxidation sites excluding steroid dienone is 2. The fraction of sp³-hybridized carbons (Fsp3) is 0.391. The van der Waals surface area contributed by atoms with Crippen LogP contribution in [0.15, 0.2) is 53.2 Å². The van der Waals surface area contributed by atoms with Gasteiger partial charge in [-0.2, -0.15) is 0 Å². The van der Waals surface area contributed by atoms with Crippen LogP contribution in [0.1, 0.15) is 18.7 Å². The lowest BCUT2D eigenvalue weighted by molar-refractivity contribution is -0.120. The Morgan fingerprint density at radius 3 is 2.83 bits per heavy atom. The molecule has 1 aromatic carbocycles. The van der Waals surface area contributed by atoms with Gasteiger partial charge < -0.3 is 15.8 Å². The standard InChI is InChI=1S/C23H30N4O2S/c1-17(24)14-18(2)26-20-5-3-4-19(15-20)22-7-6-21(30-22)16-23(28)25-8-9-27-10-12-29-13-11-27/h3-7,14-15H,8-13,16,24H2,1-2H3,(H,25,28). The Bertz CT molecular complexity index is 909. The maximum absolute atomic E-state index is 12.3. The van der Waals surface area contributed by atoms with Gasteiger partial charge in [-0.3, -0.25) is 14.7 Å². The molecule has 0 bridgehead atoms. The molecule has 1 amide bonds. The molecule has 1 fully saturated rings. The second-order valence-corrected chi connectivity index (χ2v) is 8.61. The minimum atomic E-state index is 0.0644. The number of carbonyl (C=O) groups is 1. The summed E-state index contributed by atoms with van der Waals surface area (Å²) in [5.74, 6) is 0.0644. The van der Waals surface area contributed by atoms with Crippen LogP contribution in [0.5, 0.6) is 0 Å². The van der Waals surface area contributed by atoms with Crippen LogP contribution in [0.2, 0.25) is 0 Å². The van der Waals surface area contributed by atoms with Gasteiger partial charge in [0.1, 0.15) is 0 Å². The summed E-state index contributed by atoms with van der Waals surface area (Å²) in [4.78, 5) is 21.4. The van der Waals surface area contributed by atoms with E-state index in [9.17, 15) is 4.79 Å². The third-order valence-corrected chi connectivity index (χ3v) is 5.86. The molecule has 6 nitrogen and oxygen atoms in total. The minimum absolute atomic E-state index is 0.0644. The molecule has 1 aliphatic heterocycles. The largest absolute Gasteiger partial charge is 0.402 e. The summed E-state index contributed by atoms with van der Waals surface area (Å²) in [5.41, 5.74) is 9.31. The summed E-state index contributed by atoms with van der Waals surface area (Å²) in [7, 11) is 0. The lowest BCUT2D eigenvalue weighted by Crippen LogP contribution is -2.41. The van der Waals surface area contributed by atoms with Crippen LogP contribution in [0.3, 0.4) is 0 Å². The molecule has 3 rings (SSSR count). The molecule has 0 unspecified atom stereocenters. The van der Waals surface area contributed by atoms with Crippen molar-refractivity contribution in [2.75, 3.05) is 39.4 Å². The molecule has 1 aliphatic rings. The van der Waals surface area contributed by atoms with E-state index in [4.69, 9.17) is 10.5 Å². The molecule has 2 aromatic rings. The van der Waals surface area contributed by atoms with E-state index >= 15 is 0 Å². The molecule has 3 N–H and O–H groups in total. The first-order chi connectivity index (χ1) is 14.5. The highest BCUT2D eigenvalue weighted by molar-refractivity contribution is 7.15. The van der Waals surface area contributed by atoms with Gasteiger partial charge in [-0.25, -0.2) is 0 Å². The van der Waals surface area contributed by atoms with Crippen molar-refractivity contribution in [3.63, 3.8) is 0 Å². The molecular weight excluding hydrogens is 396 g/mol. The van der Waals surface area contributed by atoms with E-state index in [1.807, 2.05) is 38.1 Å². The zero-order valence-corrected chi connectivity index (χ0v) is 18.5. The molecular formula is C23H30N4O2S. The van der Waals surface area contributed by atoms with Crippen LogP contribution in [-0.4, -0.2) is 55.9 Å². The Labute approximate surface area is 182 Å². The lowest BCUT2D eigenvalue weighted by atomic mass is 10.1. The van der Waals surface area contributed by atoms with Gasteiger partial charge in [0.05, 0.1) is 25.3 Å². The molecule has 0 saturated carbocycles. The number of aliphatic imine (C=N–C) groups is 1. The van der Waals surface area contributed by atoms with Gasteiger partial charge in [0.15, 0.2) is 0 Å². The van der Waals surface area contributed by atoms with E-state index in [0.29, 0.717) is 13.0 Å². The first-order valence-corrected chi connectivity index (χ1v) is 11.1. The van der Waals surface area contributed by atoms with E-state index in [2.05, 4.69) is 33.4 Å². The van der Waals surface area contributed by atoms with Crippen molar-refractivity contribution in [3.05, 3.63) is 53.0 Å². The number of nitrogens with one attached hydrogen (secondary N) is 1. The van der Waals surface area contributed by atoms with Gasteiger partial charge in [0.25, 0.3) is 0 Å². The number of amides is 1. The highest BCUT2D eigenvalue weighted by atomic mass is 32.1. The van der Waals surface area contributed by atoms with Gasteiger partial charge in [0, 0.05) is 47.3 Å². The van der Waals surface area contributed by atoms with Crippen molar-refractivity contribution < 1.29 is 9.53 Å². The van der Waals surface area contributed by atoms with E-state index in [1.165, 1.54) is 0 Å². The van der Waals surface area contributed by atoms with E-state index in [-0.39, 0.29) is 5.91 Å². The Hall–Kier alpha value is -2.48. The molecule has 0 aliphatic carbocycles. The zero-order valence-electron chi connectivity index (χ0n) is 17.7. The fourth-order valence-corrected chi connectivity index (χ4v) is 4.32. The Morgan fingerprint density at radius 1 is 1.27 bits per heavy atom. The predicted octanol–water partition coefficient (Wildman–Crippen LogP) is 3.36. The highest BCUT2D eigenvalue weighted by Gasteiger charge is 2.11. The van der Waals surface area contributed by atoms with Crippen molar-refractivity contribution in [3.8, 4) is 10.4 Å². The molecule has 30 heavy (non-hydrogen) atoms. The summed E-state index contributed by atoms with van der Waals surface area (Å²) < 4.78 is 5.34. The SMILES string of the molecule is CC(N)=CC(C)=Nc1cccc(-c2ccc(CC(=O)NCCN3CCOCC3)s2)c1. The lowest BCUT2D eigenvalue weighted by Gasteiger charge is -2.26. The number of nitrogens with two attached hydrogens (primary N) is 1. The van der Waals surface area contributed by atoms with Crippen LogP contribution >= 0.6 is 11.3 Å². The number of ether oxygens (including phenoxy) is 1. The molecule has 160 valence electrons. The second-order valence-electron chi connectivity index (χ2n) is 7.44. The maximum atomic E-state index is 12.3. The molecule has 0 atom stereocenters. The third kappa shape index (κ3) is 7.09. The fourth-order valence-electron chi connectivity index (χ4n) is 3.32. The number of carbonyl (C=O) groups excluding carboxylic acids is 1. The van der Waals surface area contributed by atoms with E-state index in [0.717, 1.165) is 65.3 Å². The quantitative estimate of drug-likeness (QED) is 0.635. The highest BCUT2D eigenvalue weighted by Crippen LogP contribution is 2.30. The summed E-state index contributed by atoms with van der Waals surface area (Å²) in [6.07, 6.45) is 2.26. The van der Waals surface area contributed by atoms with Crippen molar-refractivity contribution in [1.29, 1.82) is 0 Å². The topological polar surface area (TPSA) is 79.9 Å². The van der Waals surface area contributed by atoms with Crippen LogP contribution in [-0.2, 0) is 16.0 Å². The number of nitrogens with zero attached hydrogens (tertiary/aromatic N) is 2. The average molecular weight is 427 g/mol. The number of thiophene rings is 1. The Morgan fingerprint density at radius 2 is 2.07 bits per heavy atom. The monoisotopic (exact) mass is 426 g/mol. The number of hydrogen-bond acceptors (Lipinski definition) is 6. The van der Waals surface area contributed by atoms with Crippen LogP contribution in [0.4, 0.5) is 5.69 Å². The smallest absolute Gasteiger partial charge is 0.225 e. The first-order valence-electron chi connectivity index (χ1n) is 10.2. The van der Waals surface area contributed by atoms with E-state index < -0.39 is 0 Å². The van der Waals surface area contributed by atoms with Crippen molar-refractivity contribution in [2.24, 2.45) is 10.7 Å². The van der Waals surface area contributed by atoms with Gasteiger partial charge >= 0.3 is 0 Å². The van der Waals surface area contributed by atoms with Crippen molar-refractivity contribution in [1.82, 2.24) is 10.2 Å². The Kier molecular flexibility index (Phi) is 8.19. The van der Waals surface area contributed by atoms with Gasteiger partial charge in [-0.1, -0.05) is 12.1 Å². The molecule has 1 saturated heterocycles. The molecule has 0 radical (unpaired) electrons. The molecule has 1 aromatic heterocycles. The first kappa shape index (κ1) is 22.2. The zero-order chi connectivity index (χ0) is 21.3. The number of rotatable bonds is 8. The van der Waals surface area contributed by atoms with Gasteiger partial charge in [-0.05, 0) is 49.8 Å². The molecule has 0 spiro atoms. The number of morpholine rings is 1. The van der Waals surface area contributed by atoms with Crippen molar-refractivity contribution in [2.45, 2.75) is 20.3 Å². The summed E-state index contributed by atoms with van der Waals surface area (Å²) in [5, 5.41) is 3.03. The van der Waals surface area contributed by atoms with Crippen LogP contribution in [0, 0.1) is 0 Å². The number of hydrogen-bond donors (Lipinski definition) is 2. The van der Waals surface area contributed by atoms with Crippen LogP contribution < -0.4 is 11.1 Å². The van der Waals surface area contributed by atoms with Crippen molar-refractivity contribution >= 4 is 28.6 Å². The maximum Gasteiger partial charge on any atom is 0.225 e. The minimum Gasteiger partial charge on any atom is -0.402 e. The summed E-state index contributed by atoms with van der Waals surface area (Å²) in [6.45, 7) is 8.77. The van der Waals surface area contributed by atoms with E-state index in [1.54, 1.807) is 11.3 Å². The average Bonchev–Trinajstić information content (AvgIpc) is 3.17. The van der Waals surface area contributed by atoms with Gasteiger partial charge in [-0.15, -0.1) is 11.3 Å². The predicted molar refractivity (Wildman–Crippen MR) is 124 cm³/mol. The second kappa shape index (κ2) is 11.1. The van der Waals surface area contributed by atoms with Gasteiger partial charge in [0.2, 0.25) is 5.91 Å². The summed E-state index contributed by atoms with van der Waals surface area (Å²) >= 11 is 1.65. The van der Waals surface area contributed by atoms with Crippen LogP contribution in [0.25, 0.3) is 10.4 Å². The Balaban J connectivity index is 1.54. The normalized spacial score (nSPS) is 15.9. The number of benzene rings is 1. The molecule has 7 heteroatoms. The summed E-state index contributed by atoms with van der Waals surface area (Å²) in [6, 6.07) is 12.2.